The minimum Gasteiger partial charge on any atom is -0.409 e. The zero-order chi connectivity index (χ0) is 14.5. The lowest BCUT2D eigenvalue weighted by molar-refractivity contribution is -0.127. The van der Waals surface area contributed by atoms with Crippen LogP contribution in [0.4, 0.5) is 0 Å². The minimum absolute atomic E-state index is 0.0761. The number of benzene rings is 1. The van der Waals surface area contributed by atoms with Gasteiger partial charge in [0.05, 0.1) is 6.04 Å². The molecule has 2 atom stereocenters. The number of oxime groups is 1. The fourth-order valence-electron chi connectivity index (χ4n) is 1.75. The zero-order valence-corrected chi connectivity index (χ0v) is 11.6. The van der Waals surface area contributed by atoms with Gasteiger partial charge in [-0.1, -0.05) is 42.4 Å². The van der Waals surface area contributed by atoms with Gasteiger partial charge in [-0.15, -0.1) is 0 Å². The summed E-state index contributed by atoms with van der Waals surface area (Å²) in [5, 5.41) is 14.6. The molecule has 5 heteroatoms. The third-order valence-electron chi connectivity index (χ3n) is 3.53. The number of nitrogens with two attached hydrogens (primary N) is 1. The third-order valence-corrected chi connectivity index (χ3v) is 3.53. The van der Waals surface area contributed by atoms with E-state index in [-0.39, 0.29) is 17.8 Å². The maximum absolute atomic E-state index is 12.3. The first kappa shape index (κ1) is 15.0. The quantitative estimate of drug-likeness (QED) is 0.329. The van der Waals surface area contributed by atoms with Gasteiger partial charge in [-0.25, -0.2) is 0 Å². The van der Waals surface area contributed by atoms with Gasteiger partial charge in [0.1, 0.15) is 5.41 Å². The number of nitrogens with zero attached hydrogens (tertiary/aromatic N) is 1. The van der Waals surface area contributed by atoms with E-state index in [0.29, 0.717) is 6.42 Å². The van der Waals surface area contributed by atoms with Crippen molar-refractivity contribution in [1.29, 1.82) is 0 Å². The lowest BCUT2D eigenvalue weighted by Crippen LogP contribution is -2.48. The van der Waals surface area contributed by atoms with Gasteiger partial charge in [-0.05, 0) is 25.8 Å². The lowest BCUT2D eigenvalue weighted by atomic mass is 9.84. The van der Waals surface area contributed by atoms with E-state index in [1.54, 1.807) is 6.92 Å². The van der Waals surface area contributed by atoms with Crippen LogP contribution in [0.15, 0.2) is 35.5 Å². The predicted octanol–water partition coefficient (Wildman–Crippen LogP) is 2.03. The maximum Gasteiger partial charge on any atom is 0.234 e. The average Bonchev–Trinajstić information content (AvgIpc) is 2.46. The Morgan fingerprint density at radius 3 is 2.53 bits per heavy atom. The number of carbonyl (C=O) groups is 1. The van der Waals surface area contributed by atoms with E-state index in [1.807, 2.05) is 44.2 Å². The van der Waals surface area contributed by atoms with Crippen LogP contribution in [0.3, 0.4) is 0 Å². The molecule has 0 aliphatic heterocycles. The first-order chi connectivity index (χ1) is 8.95. The van der Waals surface area contributed by atoms with E-state index in [2.05, 4.69) is 10.5 Å². The van der Waals surface area contributed by atoms with Gasteiger partial charge in [0, 0.05) is 0 Å². The zero-order valence-electron chi connectivity index (χ0n) is 11.6. The second kappa shape index (κ2) is 6.22. The number of amidine groups is 1. The summed E-state index contributed by atoms with van der Waals surface area (Å²) in [6.07, 6.45) is 0.455. The summed E-state index contributed by atoms with van der Waals surface area (Å²) in [7, 11) is 0. The molecule has 0 bridgehead atoms. The van der Waals surface area contributed by atoms with Crippen LogP contribution in [0.25, 0.3) is 0 Å². The average molecular weight is 263 g/mol. The molecule has 0 saturated heterocycles. The maximum atomic E-state index is 12.3. The second-order valence-corrected chi connectivity index (χ2v) is 4.78. The first-order valence-corrected chi connectivity index (χ1v) is 6.29. The Hall–Kier alpha value is -2.04. The number of rotatable bonds is 5. The highest BCUT2D eigenvalue weighted by atomic mass is 16.4. The molecular formula is C14H21N3O2. The van der Waals surface area contributed by atoms with Crippen LogP contribution in [-0.4, -0.2) is 17.0 Å². The summed E-state index contributed by atoms with van der Waals surface area (Å²) in [6, 6.07) is 9.51. The molecule has 0 fully saturated rings. The van der Waals surface area contributed by atoms with Crippen LogP contribution in [0.2, 0.25) is 0 Å². The van der Waals surface area contributed by atoms with Crippen LogP contribution in [0, 0.1) is 5.41 Å². The molecule has 0 aromatic heterocycles. The van der Waals surface area contributed by atoms with Crippen molar-refractivity contribution in [1.82, 2.24) is 5.32 Å². The molecule has 0 heterocycles. The van der Waals surface area contributed by atoms with E-state index < -0.39 is 5.41 Å². The van der Waals surface area contributed by atoms with Crippen molar-refractivity contribution in [3.8, 4) is 0 Å². The summed E-state index contributed by atoms with van der Waals surface area (Å²) in [4.78, 5) is 12.3. The Kier molecular flexibility index (Phi) is 4.92. The van der Waals surface area contributed by atoms with Gasteiger partial charge in [-0.2, -0.15) is 0 Å². The largest absolute Gasteiger partial charge is 0.409 e. The normalized spacial score (nSPS) is 16.5. The summed E-state index contributed by atoms with van der Waals surface area (Å²) < 4.78 is 0. The van der Waals surface area contributed by atoms with Crippen molar-refractivity contribution in [3.05, 3.63) is 35.9 Å². The molecule has 0 aliphatic carbocycles. The molecule has 2 unspecified atom stereocenters. The Morgan fingerprint density at radius 2 is 2.05 bits per heavy atom. The molecule has 1 amide bonds. The van der Waals surface area contributed by atoms with Gasteiger partial charge in [0.2, 0.25) is 5.91 Å². The Bertz CT molecular complexity index is 459. The summed E-state index contributed by atoms with van der Waals surface area (Å²) in [5.41, 5.74) is 5.62. The van der Waals surface area contributed by atoms with E-state index in [0.717, 1.165) is 5.56 Å². The number of hydrogen-bond donors (Lipinski definition) is 3. The van der Waals surface area contributed by atoms with Gasteiger partial charge in [0.15, 0.2) is 5.84 Å². The molecule has 4 N–H and O–H groups in total. The summed E-state index contributed by atoms with van der Waals surface area (Å²) in [6.45, 7) is 5.38. The molecule has 0 spiro atoms. The second-order valence-electron chi connectivity index (χ2n) is 4.78. The van der Waals surface area contributed by atoms with Crippen LogP contribution < -0.4 is 11.1 Å². The number of nitrogens with one attached hydrogen (secondary N) is 1. The Balaban J connectivity index is 2.84. The number of amides is 1. The van der Waals surface area contributed by atoms with Crippen molar-refractivity contribution in [3.63, 3.8) is 0 Å². The topological polar surface area (TPSA) is 87.7 Å². The van der Waals surface area contributed by atoms with Crippen LogP contribution in [0.5, 0.6) is 0 Å². The summed E-state index contributed by atoms with van der Waals surface area (Å²) in [5.74, 6) is -0.325. The van der Waals surface area contributed by atoms with Crippen LogP contribution in [-0.2, 0) is 4.79 Å². The number of hydrogen-bond acceptors (Lipinski definition) is 3. The fourth-order valence-corrected chi connectivity index (χ4v) is 1.75. The van der Waals surface area contributed by atoms with E-state index in [9.17, 15) is 4.79 Å². The molecule has 5 nitrogen and oxygen atoms in total. The third kappa shape index (κ3) is 3.24. The van der Waals surface area contributed by atoms with E-state index in [4.69, 9.17) is 10.9 Å². The predicted molar refractivity (Wildman–Crippen MR) is 74.8 cm³/mol. The van der Waals surface area contributed by atoms with Gasteiger partial charge in [-0.3, -0.25) is 4.79 Å². The van der Waals surface area contributed by atoms with E-state index >= 15 is 0 Å². The Labute approximate surface area is 113 Å². The SMILES string of the molecule is CCC(C)(C(=O)NC(C)c1ccccc1)/C(N)=N/O. The highest BCUT2D eigenvalue weighted by molar-refractivity contribution is 6.06. The molecule has 0 radical (unpaired) electrons. The number of carbonyl (C=O) groups excluding carboxylic acids is 1. The molecule has 1 aromatic rings. The van der Waals surface area contributed by atoms with Crippen molar-refractivity contribution in [2.75, 3.05) is 0 Å². The Morgan fingerprint density at radius 1 is 1.47 bits per heavy atom. The molecule has 19 heavy (non-hydrogen) atoms. The molecule has 0 aliphatic rings. The van der Waals surface area contributed by atoms with Crippen molar-refractivity contribution < 1.29 is 10.0 Å². The first-order valence-electron chi connectivity index (χ1n) is 6.29. The smallest absolute Gasteiger partial charge is 0.234 e. The van der Waals surface area contributed by atoms with E-state index in [1.165, 1.54) is 0 Å². The highest BCUT2D eigenvalue weighted by Gasteiger charge is 2.36. The summed E-state index contributed by atoms with van der Waals surface area (Å²) >= 11 is 0. The monoisotopic (exact) mass is 263 g/mol. The minimum atomic E-state index is -1.00. The molecular weight excluding hydrogens is 242 g/mol. The van der Waals surface area contributed by atoms with Crippen molar-refractivity contribution in [2.24, 2.45) is 16.3 Å². The van der Waals surface area contributed by atoms with Gasteiger partial charge >= 0.3 is 0 Å². The molecule has 0 saturated carbocycles. The van der Waals surface area contributed by atoms with Gasteiger partial charge in [0.25, 0.3) is 0 Å². The van der Waals surface area contributed by atoms with Crippen LogP contribution >= 0.6 is 0 Å². The van der Waals surface area contributed by atoms with Crippen LogP contribution in [0.1, 0.15) is 38.8 Å². The highest BCUT2D eigenvalue weighted by Crippen LogP contribution is 2.23. The molecule has 1 rings (SSSR count). The van der Waals surface area contributed by atoms with Gasteiger partial charge < -0.3 is 16.3 Å². The van der Waals surface area contributed by atoms with Crippen molar-refractivity contribution in [2.45, 2.75) is 33.2 Å². The molecule has 104 valence electrons. The fraction of sp³-hybridized carbons (Fsp3) is 0.429. The molecule has 1 aromatic carbocycles. The van der Waals surface area contributed by atoms with Crippen molar-refractivity contribution >= 4 is 11.7 Å². The standard InChI is InChI=1S/C14H21N3O2/c1-4-14(3,12(15)17-19)13(18)16-10(2)11-8-6-5-7-9-11/h5-10,19H,4H2,1-3H3,(H2,15,17)(H,16,18). The lowest BCUT2D eigenvalue weighted by Gasteiger charge is -2.27.